The maximum Gasteiger partial charge on any atom is 0.490 e. The standard InChI is InChI=1S/C17H20N6.C2HF3O2/c1-12-6-16-17(7-13(12)2)22(11-19-16)8-15-10-23(21-20-15)9-14-4-3-5-18-14;3-2(4,5)1(6)7/h3-4,6-7,10-11,14,18H,5,8-9H2,1-2H3;(H,6,7). The number of hydrogen-bond donors (Lipinski definition) is 2. The number of rotatable bonds is 4. The van der Waals surface area contributed by atoms with Crippen molar-refractivity contribution in [2.24, 2.45) is 0 Å². The smallest absolute Gasteiger partial charge is 0.475 e. The van der Waals surface area contributed by atoms with Crippen molar-refractivity contribution in [3.8, 4) is 0 Å². The summed E-state index contributed by atoms with van der Waals surface area (Å²) in [6.45, 7) is 6.68. The van der Waals surface area contributed by atoms with Crippen LogP contribution in [0.5, 0.6) is 0 Å². The second-order valence-electron chi connectivity index (χ2n) is 6.98. The topological polar surface area (TPSA) is 97.9 Å². The Morgan fingerprint density at radius 3 is 2.63 bits per heavy atom. The van der Waals surface area contributed by atoms with Crippen LogP contribution in [-0.4, -0.2) is 54.4 Å². The zero-order valence-electron chi connectivity index (χ0n) is 16.4. The number of carboxylic acid groups (broad SMARTS) is 1. The maximum absolute atomic E-state index is 10.6. The van der Waals surface area contributed by atoms with Gasteiger partial charge in [-0.3, -0.25) is 4.68 Å². The van der Waals surface area contributed by atoms with E-state index in [1.807, 2.05) is 17.2 Å². The second kappa shape index (κ2) is 8.66. The molecule has 0 spiro atoms. The molecule has 1 aliphatic rings. The third kappa shape index (κ3) is 5.23. The quantitative estimate of drug-likeness (QED) is 0.627. The molecule has 8 nitrogen and oxygen atoms in total. The summed E-state index contributed by atoms with van der Waals surface area (Å²) >= 11 is 0. The lowest BCUT2D eigenvalue weighted by Gasteiger charge is -2.07. The van der Waals surface area contributed by atoms with Gasteiger partial charge >= 0.3 is 12.1 Å². The Kier molecular flexibility index (Phi) is 6.20. The molecule has 1 atom stereocenters. The number of nitrogens with zero attached hydrogens (tertiary/aromatic N) is 5. The number of carbonyl (C=O) groups is 1. The molecule has 2 N–H and O–H groups in total. The molecule has 1 unspecified atom stereocenters. The molecule has 160 valence electrons. The van der Waals surface area contributed by atoms with E-state index in [1.54, 1.807) is 0 Å². The van der Waals surface area contributed by atoms with Gasteiger partial charge in [-0.05, 0) is 37.1 Å². The summed E-state index contributed by atoms with van der Waals surface area (Å²) < 4.78 is 35.8. The Balaban J connectivity index is 0.000000318. The van der Waals surface area contributed by atoms with Gasteiger partial charge in [-0.2, -0.15) is 13.2 Å². The van der Waals surface area contributed by atoms with Crippen LogP contribution in [-0.2, 0) is 17.9 Å². The highest BCUT2D eigenvalue weighted by molar-refractivity contribution is 5.77. The summed E-state index contributed by atoms with van der Waals surface area (Å²) in [4.78, 5) is 13.4. The lowest BCUT2D eigenvalue weighted by molar-refractivity contribution is -0.192. The van der Waals surface area contributed by atoms with Gasteiger partial charge in [0.2, 0.25) is 0 Å². The summed E-state index contributed by atoms with van der Waals surface area (Å²) in [5.41, 5.74) is 5.67. The van der Waals surface area contributed by atoms with Crippen molar-refractivity contribution >= 4 is 17.0 Å². The Bertz CT molecular complexity index is 1070. The molecular weight excluding hydrogens is 401 g/mol. The number of aliphatic carboxylic acids is 1. The van der Waals surface area contributed by atoms with Gasteiger partial charge in [-0.15, -0.1) is 5.10 Å². The number of hydrogen-bond acceptors (Lipinski definition) is 5. The van der Waals surface area contributed by atoms with Crippen LogP contribution in [0.2, 0.25) is 0 Å². The molecule has 30 heavy (non-hydrogen) atoms. The molecule has 11 heteroatoms. The molecule has 4 rings (SSSR count). The van der Waals surface area contributed by atoms with Gasteiger partial charge < -0.3 is 15.0 Å². The number of aryl methyl sites for hydroxylation is 2. The summed E-state index contributed by atoms with van der Waals surface area (Å²) in [6.07, 6.45) is 3.13. The van der Waals surface area contributed by atoms with Crippen LogP contribution < -0.4 is 5.32 Å². The van der Waals surface area contributed by atoms with Gasteiger partial charge in [0.05, 0.1) is 36.6 Å². The molecule has 3 aromatic rings. The van der Waals surface area contributed by atoms with E-state index in [4.69, 9.17) is 9.90 Å². The summed E-state index contributed by atoms with van der Waals surface area (Å²) in [7, 11) is 0. The molecule has 0 aliphatic carbocycles. The molecule has 0 radical (unpaired) electrons. The summed E-state index contributed by atoms with van der Waals surface area (Å²) in [6, 6.07) is 4.68. The Morgan fingerprint density at radius 1 is 1.30 bits per heavy atom. The fourth-order valence-corrected chi connectivity index (χ4v) is 2.96. The van der Waals surface area contributed by atoms with Crippen molar-refractivity contribution in [3.63, 3.8) is 0 Å². The van der Waals surface area contributed by atoms with Crippen LogP contribution in [0.4, 0.5) is 13.2 Å². The van der Waals surface area contributed by atoms with Crippen LogP contribution in [0.3, 0.4) is 0 Å². The van der Waals surface area contributed by atoms with E-state index in [0.717, 1.165) is 29.8 Å². The van der Waals surface area contributed by atoms with Crippen molar-refractivity contribution in [1.29, 1.82) is 0 Å². The number of fused-ring (bicyclic) bond motifs is 1. The first kappa shape index (κ1) is 21.5. The number of imidazole rings is 1. The molecular formula is C19H21F3N6O2. The average Bonchev–Trinajstić information content (AvgIpc) is 3.40. The van der Waals surface area contributed by atoms with Crippen molar-refractivity contribution < 1.29 is 23.1 Å². The highest BCUT2D eigenvalue weighted by Gasteiger charge is 2.38. The average molecular weight is 422 g/mol. The van der Waals surface area contributed by atoms with Crippen molar-refractivity contribution in [2.45, 2.75) is 39.2 Å². The fraction of sp³-hybridized carbons (Fsp3) is 0.368. The molecule has 0 saturated carbocycles. The van der Waals surface area contributed by atoms with Gasteiger partial charge in [-0.25, -0.2) is 9.78 Å². The van der Waals surface area contributed by atoms with Gasteiger partial charge in [0.1, 0.15) is 5.69 Å². The van der Waals surface area contributed by atoms with E-state index in [1.165, 1.54) is 11.1 Å². The Morgan fingerprint density at radius 2 is 2.00 bits per heavy atom. The second-order valence-corrected chi connectivity index (χ2v) is 6.98. The highest BCUT2D eigenvalue weighted by atomic mass is 19.4. The van der Waals surface area contributed by atoms with Crippen LogP contribution >= 0.6 is 0 Å². The minimum Gasteiger partial charge on any atom is -0.475 e. The van der Waals surface area contributed by atoms with E-state index in [9.17, 15) is 13.2 Å². The third-order valence-corrected chi connectivity index (χ3v) is 4.65. The van der Waals surface area contributed by atoms with E-state index in [-0.39, 0.29) is 0 Å². The Hall–Kier alpha value is -3.21. The summed E-state index contributed by atoms with van der Waals surface area (Å²) in [5.74, 6) is -2.76. The first-order valence-corrected chi connectivity index (χ1v) is 9.14. The molecule has 0 amide bonds. The first-order chi connectivity index (χ1) is 14.1. The largest absolute Gasteiger partial charge is 0.490 e. The molecule has 1 aromatic carbocycles. The van der Waals surface area contributed by atoms with Crippen LogP contribution in [0.1, 0.15) is 16.8 Å². The van der Waals surface area contributed by atoms with E-state index < -0.39 is 12.1 Å². The number of carboxylic acids is 1. The zero-order valence-corrected chi connectivity index (χ0v) is 16.4. The minimum absolute atomic E-state index is 0.351. The molecule has 0 bridgehead atoms. The highest BCUT2D eigenvalue weighted by Crippen LogP contribution is 2.19. The molecule has 1 aliphatic heterocycles. The SMILES string of the molecule is Cc1cc2ncn(Cc3cn(CC4C=CCN4)nn3)c2cc1C.O=C(O)C(F)(F)F. The van der Waals surface area contributed by atoms with E-state index in [0.29, 0.717) is 12.6 Å². The molecule has 3 heterocycles. The van der Waals surface area contributed by atoms with Gasteiger partial charge in [0.15, 0.2) is 0 Å². The molecule has 0 fully saturated rings. The van der Waals surface area contributed by atoms with Crippen LogP contribution in [0.25, 0.3) is 11.0 Å². The van der Waals surface area contributed by atoms with Crippen molar-refractivity contribution in [1.82, 2.24) is 29.9 Å². The number of nitrogens with one attached hydrogen (secondary N) is 1. The number of benzene rings is 1. The van der Waals surface area contributed by atoms with E-state index >= 15 is 0 Å². The molecule has 2 aromatic heterocycles. The predicted molar refractivity (Wildman–Crippen MR) is 103 cm³/mol. The number of halogens is 3. The summed E-state index contributed by atoms with van der Waals surface area (Å²) in [5, 5.41) is 19.0. The zero-order chi connectivity index (χ0) is 21.9. The Labute approximate surface area is 170 Å². The van der Waals surface area contributed by atoms with Gasteiger partial charge in [0.25, 0.3) is 0 Å². The normalized spacial score (nSPS) is 16.0. The number of aromatic nitrogens is 5. The number of alkyl halides is 3. The first-order valence-electron chi connectivity index (χ1n) is 9.14. The van der Waals surface area contributed by atoms with Crippen molar-refractivity contribution in [2.75, 3.05) is 6.54 Å². The minimum atomic E-state index is -5.08. The lowest BCUT2D eigenvalue weighted by atomic mass is 10.1. The van der Waals surface area contributed by atoms with Gasteiger partial charge in [-0.1, -0.05) is 17.4 Å². The van der Waals surface area contributed by atoms with E-state index in [2.05, 4.69) is 63.3 Å². The molecule has 0 saturated heterocycles. The van der Waals surface area contributed by atoms with Crippen LogP contribution in [0, 0.1) is 13.8 Å². The monoisotopic (exact) mass is 422 g/mol. The maximum atomic E-state index is 10.6. The fourth-order valence-electron chi connectivity index (χ4n) is 2.96. The van der Waals surface area contributed by atoms with Crippen LogP contribution in [0.15, 0.2) is 36.8 Å². The third-order valence-electron chi connectivity index (χ3n) is 4.65. The predicted octanol–water partition coefficient (Wildman–Crippen LogP) is 2.45. The lowest BCUT2D eigenvalue weighted by Crippen LogP contribution is -2.27. The van der Waals surface area contributed by atoms with Gasteiger partial charge in [0, 0.05) is 12.6 Å². The van der Waals surface area contributed by atoms with Crippen molar-refractivity contribution in [3.05, 3.63) is 53.6 Å².